The van der Waals surface area contributed by atoms with Gasteiger partial charge in [-0.2, -0.15) is 0 Å². The van der Waals surface area contributed by atoms with Gasteiger partial charge in [-0.1, -0.05) is 49.6 Å². The fourth-order valence-electron chi connectivity index (χ4n) is 5.36. The van der Waals surface area contributed by atoms with Crippen molar-refractivity contribution in [3.8, 4) is 16.9 Å². The van der Waals surface area contributed by atoms with Gasteiger partial charge in [-0.25, -0.2) is 4.39 Å². The Hall–Kier alpha value is -3.67. The summed E-state index contributed by atoms with van der Waals surface area (Å²) < 4.78 is 19.6. The Morgan fingerprint density at radius 1 is 0.944 bits per heavy atom. The molecule has 2 unspecified atom stereocenters. The summed E-state index contributed by atoms with van der Waals surface area (Å²) in [5.41, 5.74) is 3.91. The molecule has 0 aromatic heterocycles. The number of fused-ring (bicyclic) bond motifs is 1. The van der Waals surface area contributed by atoms with Crippen LogP contribution in [0.3, 0.4) is 0 Å². The maximum absolute atomic E-state index is 13.5. The van der Waals surface area contributed by atoms with E-state index in [-0.39, 0.29) is 17.6 Å². The van der Waals surface area contributed by atoms with E-state index in [0.717, 1.165) is 28.8 Å². The van der Waals surface area contributed by atoms with Gasteiger partial charge in [-0.3, -0.25) is 9.59 Å². The van der Waals surface area contributed by atoms with E-state index in [1.807, 2.05) is 42.5 Å². The van der Waals surface area contributed by atoms with Crippen molar-refractivity contribution >= 4 is 11.8 Å². The topological polar surface area (TPSA) is 67.4 Å². The predicted molar refractivity (Wildman–Crippen MR) is 137 cm³/mol. The average molecular weight is 487 g/mol. The van der Waals surface area contributed by atoms with Crippen molar-refractivity contribution in [2.45, 2.75) is 44.1 Å². The molecule has 3 aromatic rings. The number of hydrogen-bond acceptors (Lipinski definition) is 3. The molecule has 1 saturated carbocycles. The van der Waals surface area contributed by atoms with Gasteiger partial charge in [0.15, 0.2) is 0 Å². The van der Waals surface area contributed by atoms with Gasteiger partial charge in [-0.05, 0) is 71.8 Å². The first-order chi connectivity index (χ1) is 17.5. The largest absolute Gasteiger partial charge is 0.484 e. The number of carbonyl (C=O) groups is 2. The molecule has 2 atom stereocenters. The van der Waals surface area contributed by atoms with Crippen LogP contribution in [-0.2, 0) is 4.79 Å². The molecule has 0 bridgehead atoms. The van der Waals surface area contributed by atoms with E-state index in [4.69, 9.17) is 4.74 Å². The lowest BCUT2D eigenvalue weighted by atomic mass is 9.88. The van der Waals surface area contributed by atoms with E-state index in [9.17, 15) is 14.0 Å². The maximum atomic E-state index is 13.5. The summed E-state index contributed by atoms with van der Waals surface area (Å²) in [6, 6.07) is 19.4. The van der Waals surface area contributed by atoms with Crippen molar-refractivity contribution < 1.29 is 18.7 Å². The molecule has 6 heteroatoms. The van der Waals surface area contributed by atoms with Crippen LogP contribution in [0.15, 0.2) is 66.7 Å². The van der Waals surface area contributed by atoms with Gasteiger partial charge in [0.05, 0.1) is 0 Å². The molecular weight excluding hydrogens is 455 g/mol. The lowest BCUT2D eigenvalue weighted by Crippen LogP contribution is -2.30. The number of likely N-dealkylation sites (N-methyl/N-ethyl adjacent to an activating group) is 1. The average Bonchev–Trinajstić information content (AvgIpc) is 3.31. The minimum Gasteiger partial charge on any atom is -0.484 e. The molecule has 0 saturated heterocycles. The summed E-state index contributed by atoms with van der Waals surface area (Å²) in [5, 5.41) is 5.85. The van der Waals surface area contributed by atoms with Crippen molar-refractivity contribution in [1.82, 2.24) is 10.6 Å². The Balaban J connectivity index is 1.39. The predicted octanol–water partition coefficient (Wildman–Crippen LogP) is 5.77. The molecule has 3 aromatic carbocycles. The zero-order chi connectivity index (χ0) is 25.1. The lowest BCUT2D eigenvalue weighted by molar-refractivity contribution is -0.123. The fraction of sp³-hybridized carbons (Fsp3) is 0.333. The van der Waals surface area contributed by atoms with Gasteiger partial charge in [0, 0.05) is 24.7 Å². The second-order valence-corrected chi connectivity index (χ2v) is 9.73. The van der Waals surface area contributed by atoms with Crippen molar-refractivity contribution in [2.24, 2.45) is 5.92 Å². The highest BCUT2D eigenvalue weighted by atomic mass is 19.1. The molecule has 186 valence electrons. The molecule has 2 N–H and O–H groups in total. The normalized spacial score (nSPS) is 19.3. The van der Waals surface area contributed by atoms with Crippen LogP contribution in [0.2, 0.25) is 0 Å². The first kappa shape index (κ1) is 24.0. The van der Waals surface area contributed by atoms with Gasteiger partial charge in [0.25, 0.3) is 5.91 Å². The zero-order valence-corrected chi connectivity index (χ0v) is 20.4. The van der Waals surface area contributed by atoms with Gasteiger partial charge >= 0.3 is 0 Å². The molecule has 2 aliphatic rings. The van der Waals surface area contributed by atoms with Gasteiger partial charge in [-0.15, -0.1) is 0 Å². The Morgan fingerprint density at radius 3 is 2.44 bits per heavy atom. The molecule has 5 rings (SSSR count). The summed E-state index contributed by atoms with van der Waals surface area (Å²) >= 11 is 0. The standard InChI is InChI=1S/C30H31FN2O3/c1-32-30(35)27-25-17-22(12-15-26(25)36-28(27)20-10-13-24(31)14-11-20)21-8-5-9-23(16-21)29(34)33-18-19-6-3-2-4-7-19/h5,8-17,19,27-28H,2-4,6-7,18H2,1H3,(H,32,35)(H,33,34). The van der Waals surface area contributed by atoms with Crippen molar-refractivity contribution in [3.63, 3.8) is 0 Å². The van der Waals surface area contributed by atoms with Crippen LogP contribution < -0.4 is 15.4 Å². The number of carbonyl (C=O) groups excluding carboxylic acids is 2. The summed E-state index contributed by atoms with van der Waals surface area (Å²) in [7, 11) is 1.60. The maximum Gasteiger partial charge on any atom is 0.251 e. The van der Waals surface area contributed by atoms with Crippen LogP contribution in [0.4, 0.5) is 4.39 Å². The van der Waals surface area contributed by atoms with Crippen LogP contribution >= 0.6 is 0 Å². The number of ether oxygens (including phenoxy) is 1. The van der Waals surface area contributed by atoms with E-state index in [0.29, 0.717) is 17.2 Å². The highest BCUT2D eigenvalue weighted by Gasteiger charge is 2.40. The second-order valence-electron chi connectivity index (χ2n) is 9.73. The second kappa shape index (κ2) is 10.5. The van der Waals surface area contributed by atoms with E-state index in [1.54, 1.807) is 19.2 Å². The van der Waals surface area contributed by atoms with Crippen molar-refractivity contribution in [3.05, 3.63) is 89.2 Å². The minimum atomic E-state index is -0.572. The summed E-state index contributed by atoms with van der Waals surface area (Å²) in [4.78, 5) is 25.8. The number of hydrogen-bond donors (Lipinski definition) is 2. The Bertz CT molecular complexity index is 1250. The highest BCUT2D eigenvalue weighted by molar-refractivity contribution is 5.95. The lowest BCUT2D eigenvalue weighted by Gasteiger charge is -2.21. The number of nitrogens with one attached hydrogen (secondary N) is 2. The van der Waals surface area contributed by atoms with Crippen LogP contribution in [0, 0.1) is 11.7 Å². The first-order valence-corrected chi connectivity index (χ1v) is 12.7. The van der Waals surface area contributed by atoms with E-state index in [2.05, 4.69) is 10.6 Å². The molecule has 1 heterocycles. The third-order valence-electron chi connectivity index (χ3n) is 7.36. The van der Waals surface area contributed by atoms with Gasteiger partial charge in [0.1, 0.15) is 23.6 Å². The van der Waals surface area contributed by atoms with Gasteiger partial charge < -0.3 is 15.4 Å². The van der Waals surface area contributed by atoms with E-state index in [1.165, 1.54) is 44.2 Å². The fourth-order valence-corrected chi connectivity index (χ4v) is 5.36. The molecule has 1 aliphatic carbocycles. The molecule has 5 nitrogen and oxygen atoms in total. The molecule has 36 heavy (non-hydrogen) atoms. The first-order valence-electron chi connectivity index (χ1n) is 12.7. The zero-order valence-electron chi connectivity index (χ0n) is 20.4. The van der Waals surface area contributed by atoms with Crippen LogP contribution in [-0.4, -0.2) is 25.4 Å². The van der Waals surface area contributed by atoms with Crippen molar-refractivity contribution in [1.29, 1.82) is 0 Å². The number of rotatable bonds is 6. The molecular formula is C30H31FN2O3. The molecule has 0 radical (unpaired) electrons. The smallest absolute Gasteiger partial charge is 0.251 e. The third-order valence-corrected chi connectivity index (χ3v) is 7.36. The van der Waals surface area contributed by atoms with Crippen LogP contribution in [0.25, 0.3) is 11.1 Å². The Kier molecular flexibility index (Phi) is 7.03. The molecule has 2 amide bonds. The monoisotopic (exact) mass is 486 g/mol. The van der Waals surface area contributed by atoms with Crippen LogP contribution in [0.1, 0.15) is 65.6 Å². The highest BCUT2D eigenvalue weighted by Crippen LogP contribution is 2.47. The minimum absolute atomic E-state index is 0.0634. The van der Waals surface area contributed by atoms with Gasteiger partial charge in [0.2, 0.25) is 5.91 Å². The number of halogens is 1. The summed E-state index contributed by atoms with van der Waals surface area (Å²) in [6.07, 6.45) is 5.61. The number of amides is 2. The quantitative estimate of drug-likeness (QED) is 0.465. The summed E-state index contributed by atoms with van der Waals surface area (Å²) in [5.74, 6) is 0.0528. The molecule has 1 aliphatic heterocycles. The Labute approximate surface area is 211 Å². The van der Waals surface area contributed by atoms with Crippen LogP contribution in [0.5, 0.6) is 5.75 Å². The Morgan fingerprint density at radius 2 is 1.69 bits per heavy atom. The number of benzene rings is 3. The third kappa shape index (κ3) is 4.99. The molecule has 1 fully saturated rings. The van der Waals surface area contributed by atoms with Crippen molar-refractivity contribution in [2.75, 3.05) is 13.6 Å². The van der Waals surface area contributed by atoms with E-state index < -0.39 is 12.0 Å². The van der Waals surface area contributed by atoms with E-state index >= 15 is 0 Å². The summed E-state index contributed by atoms with van der Waals surface area (Å²) in [6.45, 7) is 0.720. The molecule has 0 spiro atoms. The SMILES string of the molecule is CNC(=O)C1c2cc(-c3cccc(C(=O)NCC4CCCCC4)c3)ccc2OC1c1ccc(F)cc1.